The molecule has 2 nitrogen and oxygen atoms in total. The molecule has 134 valence electrons. The van der Waals surface area contributed by atoms with Gasteiger partial charge in [0.05, 0.1) is 5.57 Å². The van der Waals surface area contributed by atoms with E-state index in [1.807, 2.05) is 44.2 Å². The van der Waals surface area contributed by atoms with E-state index in [4.69, 9.17) is 0 Å². The molecule has 3 heterocycles. The van der Waals surface area contributed by atoms with Crippen molar-refractivity contribution in [1.29, 1.82) is 0 Å². The SMILES string of the molecule is CC1=CC(C)=[N+]2C1=C(c1ccc(I)cc1Br)c1c(C)cc(C)n1[B-]2(F)F. The van der Waals surface area contributed by atoms with Gasteiger partial charge in [-0.1, -0.05) is 22.0 Å². The molecule has 26 heavy (non-hydrogen) atoms. The third-order valence-electron chi connectivity index (χ3n) is 5.13. The zero-order chi connectivity index (χ0) is 19.0. The Bertz CT molecular complexity index is 1080. The van der Waals surface area contributed by atoms with Gasteiger partial charge in [-0.2, -0.15) is 0 Å². The van der Waals surface area contributed by atoms with Gasteiger partial charge in [-0.15, -0.1) is 0 Å². The van der Waals surface area contributed by atoms with Crippen LogP contribution in [-0.4, -0.2) is 21.6 Å². The average Bonchev–Trinajstić information content (AvgIpc) is 2.99. The van der Waals surface area contributed by atoms with Gasteiger partial charge in [0.2, 0.25) is 0 Å². The van der Waals surface area contributed by atoms with Gasteiger partial charge in [0, 0.05) is 37.9 Å². The van der Waals surface area contributed by atoms with Crippen molar-refractivity contribution in [2.45, 2.75) is 27.7 Å². The zero-order valence-electron chi connectivity index (χ0n) is 14.9. The lowest BCUT2D eigenvalue weighted by atomic mass is 9.84. The van der Waals surface area contributed by atoms with E-state index in [0.29, 0.717) is 22.8 Å². The summed E-state index contributed by atoms with van der Waals surface area (Å²) in [5.41, 5.74) is 5.92. The quantitative estimate of drug-likeness (QED) is 0.322. The largest absolute Gasteiger partial charge is 0.737 e. The highest BCUT2D eigenvalue weighted by molar-refractivity contribution is 14.1. The molecular weight excluding hydrogens is 512 g/mol. The van der Waals surface area contributed by atoms with Gasteiger partial charge in [0.25, 0.3) is 0 Å². The first kappa shape index (κ1) is 18.2. The van der Waals surface area contributed by atoms with Crippen molar-refractivity contribution in [2.75, 3.05) is 0 Å². The van der Waals surface area contributed by atoms with Crippen molar-refractivity contribution in [3.05, 3.63) is 72.2 Å². The van der Waals surface area contributed by atoms with Crippen LogP contribution in [0.3, 0.4) is 0 Å². The second kappa shape index (κ2) is 5.89. The van der Waals surface area contributed by atoms with Gasteiger partial charge in [-0.05, 0) is 72.8 Å². The molecule has 2 aliphatic heterocycles. The number of hydrogen-bond donors (Lipinski definition) is 0. The average molecular weight is 529 g/mol. The maximum atomic E-state index is 15.6. The number of hydrogen-bond acceptors (Lipinski definition) is 0. The molecule has 1 aromatic heterocycles. The Morgan fingerprint density at radius 2 is 1.81 bits per heavy atom. The lowest BCUT2D eigenvalue weighted by molar-refractivity contribution is -0.363. The summed E-state index contributed by atoms with van der Waals surface area (Å²) in [7, 11) is 0. The number of allylic oxidation sites excluding steroid dienone is 2. The Hall–Kier alpha value is -1.22. The summed E-state index contributed by atoms with van der Waals surface area (Å²) in [5, 5.41) is 0. The van der Waals surface area contributed by atoms with Gasteiger partial charge in [-0.3, -0.25) is 0 Å². The van der Waals surface area contributed by atoms with Gasteiger partial charge in [-0.25, -0.2) is 0 Å². The van der Waals surface area contributed by atoms with E-state index in [-0.39, 0.29) is 0 Å². The molecule has 0 aliphatic carbocycles. The third kappa shape index (κ3) is 2.35. The first-order chi connectivity index (χ1) is 12.1. The van der Waals surface area contributed by atoms with Crippen LogP contribution in [0.25, 0.3) is 5.57 Å². The summed E-state index contributed by atoms with van der Waals surface area (Å²) in [6, 6.07) is 7.89. The number of nitrogens with zero attached hydrogens (tertiary/aromatic N) is 2. The molecule has 0 N–H and O–H groups in total. The molecule has 0 spiro atoms. The van der Waals surface area contributed by atoms with Crippen LogP contribution < -0.4 is 0 Å². The monoisotopic (exact) mass is 528 g/mol. The van der Waals surface area contributed by atoms with E-state index in [1.165, 1.54) is 8.96 Å². The van der Waals surface area contributed by atoms with Crippen LogP contribution in [0.2, 0.25) is 0 Å². The predicted molar refractivity (Wildman–Crippen MR) is 115 cm³/mol. The molecule has 0 unspecified atom stereocenters. The fraction of sp³-hybridized carbons (Fsp3) is 0.211. The number of rotatable bonds is 1. The summed E-state index contributed by atoms with van der Waals surface area (Å²) in [6.07, 6.45) is 1.85. The molecule has 0 bridgehead atoms. The molecule has 2 aromatic rings. The van der Waals surface area contributed by atoms with E-state index >= 15 is 8.63 Å². The second-order valence-electron chi connectivity index (χ2n) is 6.96. The number of halogens is 4. The summed E-state index contributed by atoms with van der Waals surface area (Å²) in [4.78, 5) is 0. The summed E-state index contributed by atoms with van der Waals surface area (Å²) < 4.78 is 35.6. The van der Waals surface area contributed by atoms with Crippen molar-refractivity contribution in [3.8, 4) is 0 Å². The normalized spacial score (nSPS) is 18.2. The van der Waals surface area contributed by atoms with Gasteiger partial charge >= 0.3 is 6.97 Å². The van der Waals surface area contributed by atoms with Crippen molar-refractivity contribution in [2.24, 2.45) is 0 Å². The second-order valence-corrected chi connectivity index (χ2v) is 9.06. The highest BCUT2D eigenvalue weighted by atomic mass is 127. The molecule has 4 rings (SSSR count). The standard InChI is InChI=1S/C19H17BBrF2IN2/c1-10-7-12(3)25-18(10)17(15-6-5-14(24)9-16(15)21)19-11(2)8-13(4)26(19)20(25,22)23/h5-9H,1-4H3. The summed E-state index contributed by atoms with van der Waals surface area (Å²) in [5.74, 6) is 0. The molecule has 0 radical (unpaired) electrons. The maximum Gasteiger partial charge on any atom is 0.737 e. The molecule has 1 aromatic carbocycles. The van der Waals surface area contributed by atoms with Crippen molar-refractivity contribution >= 4 is 56.8 Å². The Kier molecular flexibility index (Phi) is 4.11. The Morgan fingerprint density at radius 1 is 1.12 bits per heavy atom. The van der Waals surface area contributed by atoms with Crippen LogP contribution in [0.15, 0.2) is 46.1 Å². The van der Waals surface area contributed by atoms with Crippen LogP contribution >= 0.6 is 38.5 Å². The van der Waals surface area contributed by atoms with E-state index in [9.17, 15) is 0 Å². The summed E-state index contributed by atoms with van der Waals surface area (Å²) >= 11 is 5.90. The first-order valence-electron chi connectivity index (χ1n) is 8.37. The fourth-order valence-electron chi connectivity index (χ4n) is 4.25. The fourth-order valence-corrected chi connectivity index (χ4v) is 5.74. The van der Waals surface area contributed by atoms with Crippen LogP contribution in [0.1, 0.15) is 36.4 Å². The Morgan fingerprint density at radius 3 is 2.46 bits per heavy atom. The Balaban J connectivity index is 2.20. The van der Waals surface area contributed by atoms with Crippen LogP contribution in [0, 0.1) is 17.4 Å². The molecule has 7 heteroatoms. The van der Waals surface area contributed by atoms with Crippen molar-refractivity contribution in [3.63, 3.8) is 0 Å². The molecule has 0 amide bonds. The molecule has 0 saturated carbocycles. The van der Waals surface area contributed by atoms with E-state index in [0.717, 1.165) is 30.3 Å². The number of benzene rings is 1. The predicted octanol–water partition coefficient (Wildman–Crippen LogP) is 5.90. The summed E-state index contributed by atoms with van der Waals surface area (Å²) in [6.45, 7) is 3.40. The van der Waals surface area contributed by atoms with E-state index in [2.05, 4.69) is 38.5 Å². The van der Waals surface area contributed by atoms with Crippen molar-refractivity contribution < 1.29 is 13.1 Å². The van der Waals surface area contributed by atoms with Gasteiger partial charge in [0.1, 0.15) is 5.71 Å². The number of fused-ring (bicyclic) bond motifs is 2. The molecular formula is C19H17BBrF2IN2. The molecule has 0 saturated heterocycles. The van der Waals surface area contributed by atoms with Gasteiger partial charge < -0.3 is 17.6 Å². The topological polar surface area (TPSA) is 7.94 Å². The van der Waals surface area contributed by atoms with Crippen LogP contribution in [0.5, 0.6) is 0 Å². The lowest BCUT2D eigenvalue weighted by Gasteiger charge is -2.34. The zero-order valence-corrected chi connectivity index (χ0v) is 18.6. The molecule has 0 atom stereocenters. The molecule has 2 aliphatic rings. The minimum absolute atomic E-state index is 0.582. The highest BCUT2D eigenvalue weighted by Crippen LogP contribution is 2.45. The number of aryl methyl sites for hydroxylation is 2. The van der Waals surface area contributed by atoms with Crippen LogP contribution in [0.4, 0.5) is 8.63 Å². The first-order valence-corrected chi connectivity index (χ1v) is 10.2. The minimum atomic E-state index is -3.93. The van der Waals surface area contributed by atoms with E-state index < -0.39 is 6.97 Å². The minimum Gasteiger partial charge on any atom is -0.393 e. The van der Waals surface area contributed by atoms with E-state index in [1.54, 1.807) is 13.8 Å². The highest BCUT2D eigenvalue weighted by Gasteiger charge is 2.55. The maximum absolute atomic E-state index is 15.6. The third-order valence-corrected chi connectivity index (χ3v) is 6.46. The number of aromatic nitrogens is 1. The molecule has 0 fully saturated rings. The van der Waals surface area contributed by atoms with Crippen LogP contribution in [-0.2, 0) is 0 Å². The van der Waals surface area contributed by atoms with Gasteiger partial charge in [0.15, 0.2) is 5.70 Å². The smallest absolute Gasteiger partial charge is 0.393 e. The van der Waals surface area contributed by atoms with Crippen molar-refractivity contribution in [1.82, 2.24) is 4.48 Å². The Labute approximate surface area is 173 Å². The lowest BCUT2D eigenvalue weighted by Crippen LogP contribution is -2.51.